The lowest BCUT2D eigenvalue weighted by molar-refractivity contribution is 0.197. The first kappa shape index (κ1) is 49.7. The summed E-state index contributed by atoms with van der Waals surface area (Å²) in [4.78, 5) is 35.0. The molecule has 2 aromatic carbocycles. The van der Waals surface area contributed by atoms with Crippen LogP contribution in [-0.4, -0.2) is 72.8 Å². The molecule has 344 valence electrons. The number of nitrogens with zero attached hydrogens (tertiary/aromatic N) is 4. The molecule has 1 aliphatic heterocycles. The van der Waals surface area contributed by atoms with Crippen LogP contribution in [0.3, 0.4) is 0 Å². The van der Waals surface area contributed by atoms with Crippen LogP contribution in [-0.2, 0) is 0 Å². The number of hydrogen-bond donors (Lipinski definition) is 0. The van der Waals surface area contributed by atoms with Crippen LogP contribution in [0.5, 0.6) is 5.75 Å². The summed E-state index contributed by atoms with van der Waals surface area (Å²) in [7, 11) is 0. The molecule has 0 N–H and O–H groups in total. The molecule has 1 amide bonds. The minimum Gasteiger partial charge on any atom is -0.494 e. The minimum absolute atomic E-state index is 0.184. The van der Waals surface area contributed by atoms with E-state index in [1.165, 1.54) is 149 Å². The number of piperazine rings is 1. The van der Waals surface area contributed by atoms with Crippen molar-refractivity contribution in [3.8, 4) is 5.75 Å². The zero-order valence-electron chi connectivity index (χ0n) is 39.2. The van der Waals surface area contributed by atoms with E-state index in [-0.39, 0.29) is 11.6 Å². The molecule has 2 aromatic heterocycles. The third-order valence-electron chi connectivity index (χ3n) is 13.2. The summed E-state index contributed by atoms with van der Waals surface area (Å²) in [6.45, 7) is 11.9. The van der Waals surface area contributed by atoms with Crippen molar-refractivity contribution in [2.24, 2.45) is 0 Å². The molecular weight excluding hydrogens is 785 g/mol. The molecule has 3 heterocycles. The van der Waals surface area contributed by atoms with Gasteiger partial charge in [0.25, 0.3) is 5.56 Å². The second-order valence-corrected chi connectivity index (χ2v) is 19.2. The Morgan fingerprint density at radius 2 is 1.16 bits per heavy atom. The van der Waals surface area contributed by atoms with Crippen LogP contribution in [0.25, 0.3) is 21.0 Å². The number of rotatable bonds is 33. The van der Waals surface area contributed by atoms with Crippen LogP contribution < -0.4 is 15.2 Å². The Balaban J connectivity index is 1.07. The van der Waals surface area contributed by atoms with Gasteiger partial charge >= 0.3 is 6.03 Å². The molecule has 0 atom stereocenters. The van der Waals surface area contributed by atoms with Gasteiger partial charge < -0.3 is 14.5 Å². The van der Waals surface area contributed by atoms with E-state index in [0.717, 1.165) is 76.6 Å². The first-order chi connectivity index (χ1) is 30.6. The number of carbonyl (C=O) groups is 1. The number of anilines is 1. The number of thiophene rings is 1. The summed E-state index contributed by atoms with van der Waals surface area (Å²) in [6, 6.07) is 18.0. The SMILES string of the molecule is CCCCCCCCCCCCCCN(CCCCCCCCCCCCCC)C(=O)n1c(=O)ccc2ccc(OCCCCN3CCN(c4cccc5sccc45)CC3)cc21. The third kappa shape index (κ3) is 17.3. The predicted octanol–water partition coefficient (Wildman–Crippen LogP) is 14.9. The summed E-state index contributed by atoms with van der Waals surface area (Å²) < 4.78 is 9.06. The van der Waals surface area contributed by atoms with Crippen molar-refractivity contribution in [1.82, 2.24) is 14.4 Å². The van der Waals surface area contributed by atoms with Gasteiger partial charge in [-0.1, -0.05) is 161 Å². The Bertz CT molecular complexity index is 1840. The average molecular weight is 869 g/mol. The first-order valence-electron chi connectivity index (χ1n) is 25.6. The summed E-state index contributed by atoms with van der Waals surface area (Å²) in [6.07, 6.45) is 33.0. The summed E-state index contributed by atoms with van der Waals surface area (Å²) in [5.74, 6) is 0.717. The number of ether oxygens (including phenoxy) is 1. The third-order valence-corrected chi connectivity index (χ3v) is 14.1. The highest BCUT2D eigenvalue weighted by molar-refractivity contribution is 7.17. The summed E-state index contributed by atoms with van der Waals surface area (Å²) >= 11 is 1.82. The number of benzene rings is 2. The minimum atomic E-state index is -0.263. The molecule has 1 saturated heterocycles. The lowest BCUT2D eigenvalue weighted by atomic mass is 10.0. The first-order valence-corrected chi connectivity index (χ1v) is 26.5. The van der Waals surface area contributed by atoms with Crippen molar-refractivity contribution in [1.29, 1.82) is 0 Å². The standard InChI is InChI=1S/C54H84N4O3S/c1-3-5-7-9-11-13-15-17-19-21-23-25-38-57(39-26-24-22-20-18-16-14-12-10-8-6-4-2)54(60)58-51-46-48(34-32-47(51)33-35-53(58)59)61-44-28-27-37-55-40-42-56(43-41-55)50-30-29-31-52-49(50)36-45-62-52/h29-36,45-46H,3-28,37-44H2,1-2H3. The molecule has 1 fully saturated rings. The smallest absolute Gasteiger partial charge is 0.331 e. The van der Waals surface area contributed by atoms with Crippen LogP contribution in [0.1, 0.15) is 181 Å². The monoisotopic (exact) mass is 869 g/mol. The fourth-order valence-corrected chi connectivity index (χ4v) is 10.1. The van der Waals surface area contributed by atoms with Crippen molar-refractivity contribution >= 4 is 44.0 Å². The van der Waals surface area contributed by atoms with Crippen LogP contribution in [0.2, 0.25) is 0 Å². The molecule has 0 aliphatic carbocycles. The quantitative estimate of drug-likeness (QED) is 0.0447. The molecule has 0 saturated carbocycles. The maximum atomic E-state index is 14.4. The molecule has 0 unspecified atom stereocenters. The Morgan fingerprint density at radius 1 is 0.613 bits per heavy atom. The van der Waals surface area contributed by atoms with Crippen molar-refractivity contribution in [2.75, 3.05) is 57.3 Å². The Kier molecular flexibility index (Phi) is 23.9. The van der Waals surface area contributed by atoms with E-state index in [2.05, 4.69) is 53.3 Å². The van der Waals surface area contributed by atoms with Gasteiger partial charge in [0.1, 0.15) is 5.75 Å². The summed E-state index contributed by atoms with van der Waals surface area (Å²) in [5, 5.41) is 4.45. The largest absolute Gasteiger partial charge is 0.494 e. The topological polar surface area (TPSA) is 58.0 Å². The van der Waals surface area contributed by atoms with Gasteiger partial charge in [-0.15, -0.1) is 11.3 Å². The number of amides is 1. The number of hydrogen-bond acceptors (Lipinski definition) is 6. The van der Waals surface area contributed by atoms with E-state index in [0.29, 0.717) is 31.0 Å². The molecule has 8 heteroatoms. The Hall–Kier alpha value is -3.36. The fourth-order valence-electron chi connectivity index (χ4n) is 9.33. The van der Waals surface area contributed by atoms with Gasteiger partial charge in [-0.05, 0) is 79.4 Å². The van der Waals surface area contributed by atoms with Crippen molar-refractivity contribution in [2.45, 2.75) is 181 Å². The molecule has 0 spiro atoms. The normalized spacial score (nSPS) is 13.4. The highest BCUT2D eigenvalue weighted by Crippen LogP contribution is 2.31. The van der Waals surface area contributed by atoms with Crippen molar-refractivity contribution in [3.63, 3.8) is 0 Å². The summed E-state index contributed by atoms with van der Waals surface area (Å²) in [5.41, 5.74) is 1.75. The lowest BCUT2D eigenvalue weighted by Gasteiger charge is -2.36. The van der Waals surface area contributed by atoms with E-state index in [1.807, 2.05) is 40.5 Å². The lowest BCUT2D eigenvalue weighted by Crippen LogP contribution is -2.46. The zero-order chi connectivity index (χ0) is 43.5. The van der Waals surface area contributed by atoms with Gasteiger partial charge in [0.2, 0.25) is 0 Å². The Labute approximate surface area is 380 Å². The number of carbonyl (C=O) groups excluding carboxylic acids is 1. The molecule has 1 aliphatic rings. The molecule has 0 bridgehead atoms. The van der Waals surface area contributed by atoms with E-state index < -0.39 is 0 Å². The molecule has 7 nitrogen and oxygen atoms in total. The van der Waals surface area contributed by atoms with Crippen LogP contribution >= 0.6 is 11.3 Å². The second kappa shape index (κ2) is 29.9. The van der Waals surface area contributed by atoms with Crippen LogP contribution in [0, 0.1) is 0 Å². The van der Waals surface area contributed by atoms with E-state index in [9.17, 15) is 9.59 Å². The van der Waals surface area contributed by atoms with Gasteiger partial charge in [0.15, 0.2) is 0 Å². The van der Waals surface area contributed by atoms with E-state index in [4.69, 9.17) is 4.74 Å². The number of pyridine rings is 1. The molecule has 4 aromatic rings. The maximum Gasteiger partial charge on any atom is 0.331 e. The molecular formula is C54H84N4O3S. The fraction of sp³-hybridized carbons (Fsp3) is 0.667. The Morgan fingerprint density at radius 3 is 1.74 bits per heavy atom. The highest BCUT2D eigenvalue weighted by atomic mass is 32.1. The van der Waals surface area contributed by atoms with Gasteiger partial charge in [0.05, 0.1) is 12.1 Å². The molecule has 62 heavy (non-hydrogen) atoms. The van der Waals surface area contributed by atoms with Crippen LogP contribution in [0.15, 0.2) is 64.8 Å². The average Bonchev–Trinajstić information content (AvgIpc) is 3.78. The van der Waals surface area contributed by atoms with Crippen LogP contribution in [0.4, 0.5) is 10.5 Å². The maximum absolute atomic E-state index is 14.4. The second-order valence-electron chi connectivity index (χ2n) is 18.3. The zero-order valence-corrected chi connectivity index (χ0v) is 40.1. The molecule has 5 rings (SSSR count). The van der Waals surface area contributed by atoms with Gasteiger partial charge in [-0.3, -0.25) is 9.69 Å². The highest BCUT2D eigenvalue weighted by Gasteiger charge is 2.21. The number of aromatic nitrogens is 1. The van der Waals surface area contributed by atoms with E-state index >= 15 is 0 Å². The van der Waals surface area contributed by atoms with E-state index in [1.54, 1.807) is 6.07 Å². The molecule has 0 radical (unpaired) electrons. The predicted molar refractivity (Wildman–Crippen MR) is 268 cm³/mol. The van der Waals surface area contributed by atoms with Crippen molar-refractivity contribution < 1.29 is 9.53 Å². The van der Waals surface area contributed by atoms with Gasteiger partial charge in [-0.25, -0.2) is 9.36 Å². The van der Waals surface area contributed by atoms with Gasteiger partial charge in [0, 0.05) is 67.2 Å². The number of fused-ring (bicyclic) bond motifs is 2. The number of unbranched alkanes of at least 4 members (excludes halogenated alkanes) is 23. The van der Waals surface area contributed by atoms with Crippen molar-refractivity contribution in [3.05, 3.63) is 70.3 Å². The van der Waals surface area contributed by atoms with Gasteiger partial charge in [-0.2, -0.15) is 0 Å².